The van der Waals surface area contributed by atoms with E-state index in [1.807, 2.05) is 30.3 Å². The van der Waals surface area contributed by atoms with E-state index < -0.39 is 46.8 Å². The number of hydrogen-bond donors (Lipinski definition) is 2. The Morgan fingerprint density at radius 3 is 2.28 bits per heavy atom. The van der Waals surface area contributed by atoms with Crippen LogP contribution in [0.1, 0.15) is 24.6 Å². The van der Waals surface area contributed by atoms with Crippen LogP contribution in [0.4, 0.5) is 38.1 Å². The van der Waals surface area contributed by atoms with E-state index in [9.17, 15) is 31.1 Å². The van der Waals surface area contributed by atoms with Gasteiger partial charge < -0.3 is 5.32 Å². The molecule has 1 heterocycles. The number of halogens is 7. The second-order valence-electron chi connectivity index (χ2n) is 6.08. The maximum absolute atomic E-state index is 13.1. The van der Waals surface area contributed by atoms with Crippen LogP contribution in [0.2, 0.25) is 5.02 Å². The summed E-state index contributed by atoms with van der Waals surface area (Å²) in [5.41, 5.74) is -0.673. The SMILES string of the molecule is CC(CCc1ccccc1)Nc1nc(NC(=O)C(F)(F)F)nc(C(F)(F)F)c1Cl. The van der Waals surface area contributed by atoms with Crippen LogP contribution in [0.3, 0.4) is 0 Å². The Morgan fingerprint density at radius 1 is 1.10 bits per heavy atom. The maximum atomic E-state index is 13.1. The number of aryl methyl sites for hydroxylation is 1. The highest BCUT2D eigenvalue weighted by molar-refractivity contribution is 6.33. The van der Waals surface area contributed by atoms with Gasteiger partial charge in [-0.2, -0.15) is 31.3 Å². The van der Waals surface area contributed by atoms with Crippen molar-refractivity contribution in [3.63, 3.8) is 0 Å². The summed E-state index contributed by atoms with van der Waals surface area (Å²) in [5.74, 6) is -4.20. The van der Waals surface area contributed by atoms with Gasteiger partial charge in [0.2, 0.25) is 5.95 Å². The van der Waals surface area contributed by atoms with Crippen molar-refractivity contribution in [2.75, 3.05) is 10.6 Å². The molecule has 0 saturated carbocycles. The van der Waals surface area contributed by atoms with Gasteiger partial charge in [0, 0.05) is 6.04 Å². The molecule has 1 amide bonds. The molecule has 5 nitrogen and oxygen atoms in total. The zero-order valence-corrected chi connectivity index (χ0v) is 15.6. The predicted molar refractivity (Wildman–Crippen MR) is 94.6 cm³/mol. The summed E-state index contributed by atoms with van der Waals surface area (Å²) in [5, 5.41) is 2.93. The van der Waals surface area contributed by atoms with Crippen molar-refractivity contribution >= 4 is 29.3 Å². The Balaban J connectivity index is 2.24. The molecule has 0 bridgehead atoms. The number of amides is 1. The number of anilines is 2. The Labute approximate surface area is 166 Å². The molecule has 0 aliphatic rings. The molecule has 0 aliphatic carbocycles. The van der Waals surface area contributed by atoms with Crippen LogP contribution >= 0.6 is 11.6 Å². The van der Waals surface area contributed by atoms with E-state index in [0.717, 1.165) is 5.56 Å². The smallest absolute Gasteiger partial charge is 0.366 e. The van der Waals surface area contributed by atoms with Crippen molar-refractivity contribution < 1.29 is 31.1 Å². The fraction of sp³-hybridized carbons (Fsp3) is 0.353. The minimum absolute atomic E-state index is 0.435. The van der Waals surface area contributed by atoms with E-state index in [1.54, 1.807) is 6.92 Å². The average Bonchev–Trinajstić information content (AvgIpc) is 2.61. The number of aromatic nitrogens is 2. The fourth-order valence-electron chi connectivity index (χ4n) is 2.29. The lowest BCUT2D eigenvalue weighted by Gasteiger charge is -2.19. The molecule has 1 atom stereocenters. The minimum atomic E-state index is -5.32. The fourth-order valence-corrected chi connectivity index (χ4v) is 2.54. The Hall–Kier alpha value is -2.56. The largest absolute Gasteiger partial charge is 0.471 e. The van der Waals surface area contributed by atoms with E-state index in [2.05, 4.69) is 15.3 Å². The summed E-state index contributed by atoms with van der Waals surface area (Å²) in [6.45, 7) is 1.64. The van der Waals surface area contributed by atoms with Crippen LogP contribution in [0, 0.1) is 0 Å². The standard InChI is InChI=1S/C17H15ClF6N4O/c1-9(7-8-10-5-3-2-4-6-10)25-13-11(18)12(16(19,20)21)26-15(27-13)28-14(29)17(22,23)24/h2-6,9H,7-8H2,1H3,(H2,25,26,27,28,29). The van der Waals surface area contributed by atoms with Gasteiger partial charge >= 0.3 is 18.3 Å². The lowest BCUT2D eigenvalue weighted by molar-refractivity contribution is -0.167. The Kier molecular flexibility index (Phi) is 6.93. The molecule has 29 heavy (non-hydrogen) atoms. The van der Waals surface area contributed by atoms with E-state index in [0.29, 0.717) is 12.8 Å². The van der Waals surface area contributed by atoms with Crippen molar-refractivity contribution in [3.8, 4) is 0 Å². The third-order valence-corrected chi connectivity index (χ3v) is 4.05. The summed E-state index contributed by atoms with van der Waals surface area (Å²) >= 11 is 5.71. The van der Waals surface area contributed by atoms with Crippen LogP contribution in [-0.2, 0) is 17.4 Å². The number of rotatable bonds is 6. The molecular formula is C17H15ClF6N4O. The third kappa shape index (κ3) is 6.48. The van der Waals surface area contributed by atoms with Crippen LogP contribution in [0.15, 0.2) is 30.3 Å². The summed E-state index contributed by atoms with van der Waals surface area (Å²) in [4.78, 5) is 17.4. The zero-order valence-electron chi connectivity index (χ0n) is 14.8. The molecule has 0 saturated heterocycles. The van der Waals surface area contributed by atoms with E-state index in [-0.39, 0.29) is 0 Å². The molecular weight excluding hydrogens is 426 g/mol. The molecule has 1 aromatic carbocycles. The second-order valence-corrected chi connectivity index (χ2v) is 6.46. The van der Waals surface area contributed by atoms with Crippen LogP contribution in [0.25, 0.3) is 0 Å². The van der Waals surface area contributed by atoms with Crippen LogP contribution < -0.4 is 10.6 Å². The first-order valence-electron chi connectivity index (χ1n) is 8.21. The second kappa shape index (κ2) is 8.85. The highest BCUT2D eigenvalue weighted by Crippen LogP contribution is 2.37. The quantitative estimate of drug-likeness (QED) is 0.615. The lowest BCUT2D eigenvalue weighted by atomic mass is 10.1. The highest BCUT2D eigenvalue weighted by atomic mass is 35.5. The molecule has 2 N–H and O–H groups in total. The molecule has 1 aromatic heterocycles. The predicted octanol–water partition coefficient (Wildman–Crippen LogP) is 5.08. The van der Waals surface area contributed by atoms with E-state index in [1.165, 1.54) is 5.32 Å². The zero-order chi connectivity index (χ0) is 21.8. The summed E-state index contributed by atoms with van der Waals surface area (Å²) in [7, 11) is 0. The van der Waals surface area contributed by atoms with Gasteiger partial charge in [0.1, 0.15) is 5.02 Å². The van der Waals surface area contributed by atoms with Crippen molar-refractivity contribution in [2.24, 2.45) is 0 Å². The van der Waals surface area contributed by atoms with Crippen molar-refractivity contribution in [1.29, 1.82) is 0 Å². The molecule has 0 radical (unpaired) electrons. The van der Waals surface area contributed by atoms with Crippen LogP contribution in [-0.4, -0.2) is 28.1 Å². The van der Waals surface area contributed by atoms with Gasteiger partial charge in [-0.05, 0) is 25.3 Å². The first-order valence-corrected chi connectivity index (χ1v) is 8.59. The van der Waals surface area contributed by atoms with E-state index >= 15 is 0 Å². The monoisotopic (exact) mass is 440 g/mol. The lowest BCUT2D eigenvalue weighted by Crippen LogP contribution is -2.31. The Morgan fingerprint density at radius 2 is 1.72 bits per heavy atom. The molecule has 0 spiro atoms. The van der Waals surface area contributed by atoms with Gasteiger partial charge in [-0.25, -0.2) is 4.98 Å². The molecule has 12 heteroatoms. The average molecular weight is 441 g/mol. The molecule has 158 valence electrons. The number of carbonyl (C=O) groups is 1. The minimum Gasteiger partial charge on any atom is -0.366 e. The third-order valence-electron chi connectivity index (χ3n) is 3.69. The van der Waals surface area contributed by atoms with Gasteiger partial charge in [0.05, 0.1) is 0 Å². The number of nitrogens with zero attached hydrogens (tertiary/aromatic N) is 2. The summed E-state index contributed by atoms with van der Waals surface area (Å²) in [6.07, 6.45) is -9.34. The molecule has 2 aromatic rings. The topological polar surface area (TPSA) is 66.9 Å². The number of benzene rings is 1. The number of nitrogens with one attached hydrogen (secondary N) is 2. The van der Waals surface area contributed by atoms with Gasteiger partial charge in [-0.3, -0.25) is 10.1 Å². The van der Waals surface area contributed by atoms with Gasteiger partial charge in [0.15, 0.2) is 11.5 Å². The summed E-state index contributed by atoms with van der Waals surface area (Å²) in [6, 6.07) is 8.81. The summed E-state index contributed by atoms with van der Waals surface area (Å²) < 4.78 is 76.6. The number of carbonyl (C=O) groups excluding carboxylic acids is 1. The van der Waals surface area contributed by atoms with Crippen LogP contribution in [0.5, 0.6) is 0 Å². The number of alkyl halides is 6. The van der Waals surface area contributed by atoms with Crippen molar-refractivity contribution in [3.05, 3.63) is 46.6 Å². The first-order chi connectivity index (χ1) is 13.4. The highest BCUT2D eigenvalue weighted by Gasteiger charge is 2.41. The normalized spacial score (nSPS) is 13.1. The van der Waals surface area contributed by atoms with Crippen molar-refractivity contribution in [1.82, 2.24) is 9.97 Å². The molecule has 2 rings (SSSR count). The van der Waals surface area contributed by atoms with Crippen molar-refractivity contribution in [2.45, 2.75) is 38.2 Å². The first kappa shape index (κ1) is 22.7. The molecule has 0 aliphatic heterocycles. The van der Waals surface area contributed by atoms with Gasteiger partial charge in [-0.1, -0.05) is 41.9 Å². The molecule has 1 unspecified atom stereocenters. The maximum Gasteiger partial charge on any atom is 0.471 e. The number of hydrogen-bond acceptors (Lipinski definition) is 4. The van der Waals surface area contributed by atoms with Gasteiger partial charge in [-0.15, -0.1) is 0 Å². The van der Waals surface area contributed by atoms with E-state index in [4.69, 9.17) is 11.6 Å². The molecule has 0 fully saturated rings. The van der Waals surface area contributed by atoms with Gasteiger partial charge in [0.25, 0.3) is 0 Å². The Bertz CT molecular complexity index is 857.